The van der Waals surface area contributed by atoms with E-state index in [0.717, 1.165) is 67.0 Å². The van der Waals surface area contributed by atoms with Gasteiger partial charge in [0.15, 0.2) is 17.5 Å². The van der Waals surface area contributed by atoms with E-state index in [1.165, 1.54) is 54.4 Å². The molecule has 0 aliphatic rings. The van der Waals surface area contributed by atoms with Gasteiger partial charge in [-0.25, -0.2) is 15.0 Å². The summed E-state index contributed by atoms with van der Waals surface area (Å²) in [7, 11) is 0. The molecule has 0 N–H and O–H groups in total. The summed E-state index contributed by atoms with van der Waals surface area (Å²) in [5.41, 5.74) is 17.4. The molecule has 0 amide bonds. The third-order valence-electron chi connectivity index (χ3n) is 14.7. The monoisotopic (exact) mass is 958 g/mol. The van der Waals surface area contributed by atoms with Crippen molar-refractivity contribution in [1.29, 1.82) is 0 Å². The van der Waals surface area contributed by atoms with Gasteiger partial charge in [0, 0.05) is 90.9 Å². The van der Waals surface area contributed by atoms with Crippen LogP contribution in [0.25, 0.3) is 139 Å². The van der Waals surface area contributed by atoms with Crippen molar-refractivity contribution in [2.75, 3.05) is 0 Å². The van der Waals surface area contributed by atoms with Crippen LogP contribution in [0.4, 0.5) is 0 Å². The van der Waals surface area contributed by atoms with Gasteiger partial charge in [-0.05, 0) is 156 Å². The summed E-state index contributed by atoms with van der Waals surface area (Å²) in [5.74, 6) is 1.66. The molecule has 0 atom stereocenters. The molecule has 8 heteroatoms. The lowest BCUT2D eigenvalue weighted by molar-refractivity contribution is 1.07. The molecule has 6 heterocycles. The molecule has 9 aromatic carbocycles. The van der Waals surface area contributed by atoms with Gasteiger partial charge in [-0.2, -0.15) is 0 Å². The second-order valence-corrected chi connectivity index (χ2v) is 19.0. The lowest BCUT2D eigenvalue weighted by atomic mass is 9.98. The Morgan fingerprint density at radius 3 is 0.933 bits per heavy atom. The third-order valence-corrected chi connectivity index (χ3v) is 14.7. The summed E-state index contributed by atoms with van der Waals surface area (Å²) < 4.78 is 7.12. The van der Waals surface area contributed by atoms with E-state index in [-0.39, 0.29) is 0 Å². The SMILES string of the molecule is c1ccc(-n2c3ccccc3c3cc(-c4ccc5c(c4)c4cc(-c6ccc7c(c6)c6ccccc6n7-c6ccccc6)ccc4n5-c4ccc(-c5nc(-c6cccnc6)nc(-c6cccnc6)n5)cc4)ccc32)cc1. The Morgan fingerprint density at radius 1 is 0.227 bits per heavy atom. The number of fused-ring (bicyclic) bond motifs is 9. The highest BCUT2D eigenvalue weighted by Crippen LogP contribution is 2.41. The first-order chi connectivity index (χ1) is 37.2. The van der Waals surface area contributed by atoms with Gasteiger partial charge in [-0.1, -0.05) is 97.1 Å². The lowest BCUT2D eigenvalue weighted by Crippen LogP contribution is -2.01. The summed E-state index contributed by atoms with van der Waals surface area (Å²) in [5, 5.41) is 7.24. The van der Waals surface area contributed by atoms with Gasteiger partial charge in [0.1, 0.15) is 0 Å². The zero-order valence-corrected chi connectivity index (χ0v) is 40.3. The Bertz CT molecular complexity index is 4400. The largest absolute Gasteiger partial charge is 0.309 e. The minimum absolute atomic E-state index is 0.548. The minimum atomic E-state index is 0.548. The van der Waals surface area contributed by atoms with Crippen LogP contribution in [0.15, 0.2) is 255 Å². The standard InChI is InChI=1S/C67H42N8/c1-3-15-50(16-4-1)73-59-21-9-7-19-53(59)55-37-44(25-31-61(55)73)46-27-33-63-57(39-46)58-40-47(45-26-32-62-56(38-45)54-20-8-10-22-60(54)74(62)51-17-5-2-6-18-51)28-34-64(58)75(63)52-29-23-43(24-30-52)65-70-66(48-13-11-35-68-41-48)72-67(71-65)49-14-12-36-69-42-49/h1-42H. The average Bonchev–Trinajstić information content (AvgIpc) is 4.13. The molecule has 15 rings (SSSR count). The maximum Gasteiger partial charge on any atom is 0.165 e. The summed E-state index contributed by atoms with van der Waals surface area (Å²) in [6, 6.07) is 82.7. The molecular weight excluding hydrogens is 917 g/mol. The highest BCUT2D eigenvalue weighted by Gasteiger charge is 2.20. The normalized spacial score (nSPS) is 11.7. The van der Waals surface area contributed by atoms with Crippen molar-refractivity contribution >= 4 is 65.4 Å². The third kappa shape index (κ3) is 7.03. The molecule has 0 unspecified atom stereocenters. The van der Waals surface area contributed by atoms with E-state index in [1.54, 1.807) is 24.8 Å². The van der Waals surface area contributed by atoms with E-state index in [9.17, 15) is 0 Å². The number of hydrogen-bond acceptors (Lipinski definition) is 5. The number of rotatable bonds is 8. The maximum absolute atomic E-state index is 4.98. The predicted octanol–water partition coefficient (Wildman–Crippen LogP) is 16.3. The van der Waals surface area contributed by atoms with Crippen molar-refractivity contribution in [2.45, 2.75) is 0 Å². The second-order valence-electron chi connectivity index (χ2n) is 19.0. The molecule has 0 spiro atoms. The van der Waals surface area contributed by atoms with Gasteiger partial charge in [0.25, 0.3) is 0 Å². The number of aromatic nitrogens is 8. The van der Waals surface area contributed by atoms with Gasteiger partial charge in [0.05, 0.1) is 33.1 Å². The van der Waals surface area contributed by atoms with Crippen molar-refractivity contribution in [3.8, 4) is 73.5 Å². The topological polar surface area (TPSA) is 79.2 Å². The Hall–Kier alpha value is -10.3. The molecule has 0 aliphatic carbocycles. The zero-order chi connectivity index (χ0) is 49.4. The predicted molar refractivity (Wildman–Crippen MR) is 306 cm³/mol. The zero-order valence-electron chi connectivity index (χ0n) is 40.3. The van der Waals surface area contributed by atoms with Crippen LogP contribution in [-0.4, -0.2) is 38.6 Å². The van der Waals surface area contributed by atoms with Crippen LogP contribution >= 0.6 is 0 Å². The fourth-order valence-corrected chi connectivity index (χ4v) is 11.2. The van der Waals surface area contributed by atoms with E-state index in [2.05, 4.69) is 230 Å². The first-order valence-corrected chi connectivity index (χ1v) is 25.1. The second kappa shape index (κ2) is 17.2. The van der Waals surface area contributed by atoms with Crippen LogP contribution in [0.5, 0.6) is 0 Å². The van der Waals surface area contributed by atoms with E-state index in [4.69, 9.17) is 15.0 Å². The van der Waals surface area contributed by atoms with Crippen LogP contribution in [-0.2, 0) is 0 Å². The summed E-state index contributed by atoms with van der Waals surface area (Å²) in [6.07, 6.45) is 7.06. The van der Waals surface area contributed by atoms with Gasteiger partial charge in [-0.15, -0.1) is 0 Å². The molecule has 15 aromatic rings. The number of hydrogen-bond donors (Lipinski definition) is 0. The molecule has 0 aliphatic heterocycles. The van der Waals surface area contributed by atoms with E-state index < -0.39 is 0 Å². The molecule has 6 aromatic heterocycles. The average molecular weight is 959 g/mol. The van der Waals surface area contributed by atoms with Crippen LogP contribution in [0.2, 0.25) is 0 Å². The smallest absolute Gasteiger partial charge is 0.165 e. The van der Waals surface area contributed by atoms with Crippen molar-refractivity contribution in [2.24, 2.45) is 0 Å². The first-order valence-electron chi connectivity index (χ1n) is 25.1. The quantitative estimate of drug-likeness (QED) is 0.152. The number of nitrogens with zero attached hydrogens (tertiary/aromatic N) is 8. The van der Waals surface area contributed by atoms with E-state index in [1.807, 2.05) is 24.3 Å². The Balaban J connectivity index is 0.897. The number of para-hydroxylation sites is 4. The fourth-order valence-electron chi connectivity index (χ4n) is 11.2. The Labute approximate surface area is 430 Å². The minimum Gasteiger partial charge on any atom is -0.309 e. The summed E-state index contributed by atoms with van der Waals surface area (Å²) >= 11 is 0. The van der Waals surface area contributed by atoms with Gasteiger partial charge < -0.3 is 13.7 Å². The highest BCUT2D eigenvalue weighted by molar-refractivity contribution is 6.14. The molecule has 0 saturated carbocycles. The van der Waals surface area contributed by atoms with E-state index in [0.29, 0.717) is 17.5 Å². The van der Waals surface area contributed by atoms with Crippen LogP contribution < -0.4 is 0 Å². The molecule has 350 valence electrons. The van der Waals surface area contributed by atoms with Gasteiger partial charge >= 0.3 is 0 Å². The molecule has 0 fully saturated rings. The van der Waals surface area contributed by atoms with Crippen LogP contribution in [0.1, 0.15) is 0 Å². The number of pyridine rings is 2. The Kier molecular flexibility index (Phi) is 9.71. The molecule has 75 heavy (non-hydrogen) atoms. The lowest BCUT2D eigenvalue weighted by Gasteiger charge is -2.11. The van der Waals surface area contributed by atoms with Crippen molar-refractivity contribution in [3.05, 3.63) is 255 Å². The van der Waals surface area contributed by atoms with Gasteiger partial charge in [0.2, 0.25) is 0 Å². The molecule has 8 nitrogen and oxygen atoms in total. The van der Waals surface area contributed by atoms with E-state index >= 15 is 0 Å². The summed E-state index contributed by atoms with van der Waals surface area (Å²) in [4.78, 5) is 23.5. The maximum atomic E-state index is 4.98. The first kappa shape index (κ1) is 42.4. The molecule has 0 saturated heterocycles. The van der Waals surface area contributed by atoms with Crippen molar-refractivity contribution in [1.82, 2.24) is 38.6 Å². The fraction of sp³-hybridized carbons (Fsp3) is 0. The van der Waals surface area contributed by atoms with Crippen LogP contribution in [0, 0.1) is 0 Å². The number of benzene rings is 9. The van der Waals surface area contributed by atoms with Crippen molar-refractivity contribution < 1.29 is 0 Å². The van der Waals surface area contributed by atoms with Crippen LogP contribution in [0.3, 0.4) is 0 Å². The summed E-state index contributed by atoms with van der Waals surface area (Å²) in [6.45, 7) is 0. The molecular formula is C67H42N8. The Morgan fingerprint density at radius 2 is 0.547 bits per heavy atom. The molecule has 0 bridgehead atoms. The van der Waals surface area contributed by atoms with Gasteiger partial charge in [-0.3, -0.25) is 9.97 Å². The van der Waals surface area contributed by atoms with Crippen molar-refractivity contribution in [3.63, 3.8) is 0 Å². The highest BCUT2D eigenvalue weighted by atomic mass is 15.0. The molecule has 0 radical (unpaired) electrons.